The molecular weight excluding hydrogens is 128 g/mol. The van der Waals surface area contributed by atoms with Gasteiger partial charge in [-0.1, -0.05) is 0 Å². The van der Waals surface area contributed by atoms with Crippen molar-refractivity contribution < 1.29 is 9.47 Å². The Balaban J connectivity index is 1.90. The fourth-order valence-electron chi connectivity index (χ4n) is 1.88. The third-order valence-electron chi connectivity index (χ3n) is 2.33. The highest BCUT2D eigenvalue weighted by Crippen LogP contribution is 2.40. The second-order valence-corrected chi connectivity index (χ2v) is 3.35. The number of hydrogen-bond donors (Lipinski definition) is 0. The van der Waals surface area contributed by atoms with E-state index < -0.39 is 0 Å². The highest BCUT2D eigenvalue weighted by molar-refractivity contribution is 4.85. The molecule has 58 valence electrons. The van der Waals surface area contributed by atoms with E-state index >= 15 is 0 Å². The SMILES string of the molecule is CC1CC2(CCCCO2)O1. The van der Waals surface area contributed by atoms with Gasteiger partial charge in [-0.25, -0.2) is 0 Å². The van der Waals surface area contributed by atoms with Gasteiger partial charge >= 0.3 is 0 Å². The van der Waals surface area contributed by atoms with Crippen molar-refractivity contribution in [1.29, 1.82) is 0 Å². The average Bonchev–Trinajstić information content (AvgIpc) is 1.87. The van der Waals surface area contributed by atoms with Crippen molar-refractivity contribution in [2.24, 2.45) is 0 Å². The molecular formula is C8H14O2. The van der Waals surface area contributed by atoms with Gasteiger partial charge in [0.1, 0.15) is 0 Å². The van der Waals surface area contributed by atoms with Crippen LogP contribution in [0, 0.1) is 0 Å². The molecule has 2 unspecified atom stereocenters. The van der Waals surface area contributed by atoms with Gasteiger partial charge in [-0.05, 0) is 19.8 Å². The molecule has 0 N–H and O–H groups in total. The van der Waals surface area contributed by atoms with E-state index in [4.69, 9.17) is 9.47 Å². The molecule has 2 aliphatic rings. The lowest BCUT2D eigenvalue weighted by Gasteiger charge is -2.48. The van der Waals surface area contributed by atoms with Gasteiger partial charge in [0.2, 0.25) is 0 Å². The first-order chi connectivity index (χ1) is 4.81. The van der Waals surface area contributed by atoms with E-state index in [1.165, 1.54) is 12.8 Å². The van der Waals surface area contributed by atoms with E-state index in [9.17, 15) is 0 Å². The van der Waals surface area contributed by atoms with Gasteiger partial charge in [0, 0.05) is 12.8 Å². The van der Waals surface area contributed by atoms with Crippen molar-refractivity contribution in [3.8, 4) is 0 Å². The lowest BCUT2D eigenvalue weighted by Crippen LogP contribution is -2.52. The molecule has 2 nitrogen and oxygen atoms in total. The largest absolute Gasteiger partial charge is 0.350 e. The lowest BCUT2D eigenvalue weighted by molar-refractivity contribution is -0.350. The first-order valence-corrected chi connectivity index (χ1v) is 4.13. The van der Waals surface area contributed by atoms with E-state index in [0.29, 0.717) is 6.10 Å². The second kappa shape index (κ2) is 2.21. The van der Waals surface area contributed by atoms with Gasteiger partial charge in [-0.15, -0.1) is 0 Å². The zero-order valence-corrected chi connectivity index (χ0v) is 6.43. The van der Waals surface area contributed by atoms with Crippen molar-refractivity contribution in [3.05, 3.63) is 0 Å². The predicted molar refractivity (Wildman–Crippen MR) is 37.7 cm³/mol. The smallest absolute Gasteiger partial charge is 0.171 e. The van der Waals surface area contributed by atoms with Crippen molar-refractivity contribution in [2.45, 2.75) is 44.5 Å². The first-order valence-electron chi connectivity index (χ1n) is 4.13. The summed E-state index contributed by atoms with van der Waals surface area (Å²) in [6.07, 6.45) is 5.12. The molecule has 1 spiro atoms. The predicted octanol–water partition coefficient (Wildman–Crippen LogP) is 1.69. The van der Waals surface area contributed by atoms with Crippen LogP contribution in [-0.2, 0) is 9.47 Å². The van der Waals surface area contributed by atoms with Crippen molar-refractivity contribution >= 4 is 0 Å². The van der Waals surface area contributed by atoms with E-state index in [1.54, 1.807) is 0 Å². The topological polar surface area (TPSA) is 18.5 Å². The van der Waals surface area contributed by atoms with Crippen LogP contribution in [0.3, 0.4) is 0 Å². The Morgan fingerprint density at radius 1 is 1.40 bits per heavy atom. The van der Waals surface area contributed by atoms with Crippen LogP contribution in [0.25, 0.3) is 0 Å². The molecule has 2 heteroatoms. The van der Waals surface area contributed by atoms with Crippen LogP contribution in [0.1, 0.15) is 32.6 Å². The molecule has 2 atom stereocenters. The minimum atomic E-state index is -0.127. The van der Waals surface area contributed by atoms with Crippen molar-refractivity contribution in [2.75, 3.05) is 6.61 Å². The van der Waals surface area contributed by atoms with Crippen LogP contribution in [0.4, 0.5) is 0 Å². The van der Waals surface area contributed by atoms with Gasteiger partial charge in [0.15, 0.2) is 5.79 Å². The van der Waals surface area contributed by atoms with Crippen LogP contribution >= 0.6 is 0 Å². The first kappa shape index (κ1) is 6.62. The Labute approximate surface area is 61.5 Å². The fourth-order valence-corrected chi connectivity index (χ4v) is 1.88. The number of ether oxygens (including phenoxy) is 2. The van der Waals surface area contributed by atoms with Crippen LogP contribution in [-0.4, -0.2) is 18.5 Å². The fraction of sp³-hybridized carbons (Fsp3) is 1.00. The highest BCUT2D eigenvalue weighted by atomic mass is 16.7. The maximum Gasteiger partial charge on any atom is 0.171 e. The summed E-state index contributed by atoms with van der Waals surface area (Å²) >= 11 is 0. The molecule has 0 radical (unpaired) electrons. The standard InChI is InChI=1S/C8H14O2/c1-7-6-8(10-7)4-2-3-5-9-8/h7H,2-6H2,1H3. The van der Waals surface area contributed by atoms with Crippen LogP contribution < -0.4 is 0 Å². The van der Waals surface area contributed by atoms with E-state index in [2.05, 4.69) is 6.92 Å². The zero-order chi connectivity index (χ0) is 7.03. The molecule has 0 aromatic heterocycles. The van der Waals surface area contributed by atoms with E-state index in [0.717, 1.165) is 19.4 Å². The summed E-state index contributed by atoms with van der Waals surface area (Å²) in [6, 6.07) is 0. The molecule has 2 aliphatic heterocycles. The molecule has 0 saturated carbocycles. The summed E-state index contributed by atoms with van der Waals surface area (Å²) in [7, 11) is 0. The van der Waals surface area contributed by atoms with E-state index in [1.807, 2.05) is 0 Å². The Hall–Kier alpha value is -0.0800. The molecule has 2 heterocycles. The van der Waals surface area contributed by atoms with Gasteiger partial charge in [0.05, 0.1) is 12.7 Å². The highest BCUT2D eigenvalue weighted by Gasteiger charge is 2.45. The lowest BCUT2D eigenvalue weighted by atomic mass is 9.94. The molecule has 0 amide bonds. The minimum Gasteiger partial charge on any atom is -0.350 e. The summed E-state index contributed by atoms with van der Waals surface area (Å²) in [6.45, 7) is 3.00. The van der Waals surface area contributed by atoms with Crippen LogP contribution in [0.5, 0.6) is 0 Å². The molecule has 2 rings (SSSR count). The molecule has 0 bridgehead atoms. The average molecular weight is 142 g/mol. The summed E-state index contributed by atoms with van der Waals surface area (Å²) in [4.78, 5) is 0. The van der Waals surface area contributed by atoms with E-state index in [-0.39, 0.29) is 5.79 Å². The van der Waals surface area contributed by atoms with Crippen LogP contribution in [0.2, 0.25) is 0 Å². The third kappa shape index (κ3) is 0.956. The molecule has 2 fully saturated rings. The van der Waals surface area contributed by atoms with Gasteiger partial charge in [-0.3, -0.25) is 0 Å². The van der Waals surface area contributed by atoms with Crippen LogP contribution in [0.15, 0.2) is 0 Å². The van der Waals surface area contributed by atoms with Crippen molar-refractivity contribution in [1.82, 2.24) is 0 Å². The second-order valence-electron chi connectivity index (χ2n) is 3.35. The molecule has 0 aromatic rings. The maximum absolute atomic E-state index is 5.55. The van der Waals surface area contributed by atoms with Gasteiger partial charge in [0.25, 0.3) is 0 Å². The summed E-state index contributed by atoms with van der Waals surface area (Å²) in [5.41, 5.74) is 0. The van der Waals surface area contributed by atoms with Crippen molar-refractivity contribution in [3.63, 3.8) is 0 Å². The quantitative estimate of drug-likeness (QED) is 0.512. The number of hydrogen-bond acceptors (Lipinski definition) is 2. The molecule has 10 heavy (non-hydrogen) atoms. The maximum atomic E-state index is 5.55. The third-order valence-corrected chi connectivity index (χ3v) is 2.33. The Bertz CT molecular complexity index is 112. The summed E-state index contributed by atoms with van der Waals surface area (Å²) in [5, 5.41) is 0. The molecule has 2 saturated heterocycles. The Morgan fingerprint density at radius 2 is 2.20 bits per heavy atom. The monoisotopic (exact) mass is 142 g/mol. The Kier molecular flexibility index (Phi) is 1.46. The normalized spacial score (nSPS) is 47.1. The minimum absolute atomic E-state index is 0.127. The Morgan fingerprint density at radius 3 is 2.70 bits per heavy atom. The van der Waals surface area contributed by atoms with Gasteiger partial charge in [-0.2, -0.15) is 0 Å². The molecule has 0 aliphatic carbocycles. The number of rotatable bonds is 0. The zero-order valence-electron chi connectivity index (χ0n) is 6.43. The molecule has 0 aromatic carbocycles. The summed E-state index contributed by atoms with van der Waals surface area (Å²) in [5.74, 6) is -0.127. The summed E-state index contributed by atoms with van der Waals surface area (Å²) < 4.78 is 11.1. The van der Waals surface area contributed by atoms with Gasteiger partial charge < -0.3 is 9.47 Å².